The van der Waals surface area contributed by atoms with Crippen molar-refractivity contribution in [2.24, 2.45) is 0 Å². The van der Waals surface area contributed by atoms with Crippen LogP contribution < -0.4 is 5.32 Å². The fourth-order valence-corrected chi connectivity index (χ4v) is 3.47. The van der Waals surface area contributed by atoms with Crippen molar-refractivity contribution in [1.29, 1.82) is 0 Å². The van der Waals surface area contributed by atoms with Gasteiger partial charge in [-0.05, 0) is 63.5 Å². The highest BCUT2D eigenvalue weighted by molar-refractivity contribution is 5.33. The Morgan fingerprint density at radius 1 is 1.12 bits per heavy atom. The highest BCUT2D eigenvalue weighted by Gasteiger charge is 2.21. The van der Waals surface area contributed by atoms with Crippen LogP contribution in [0.5, 0.6) is 0 Å². The Labute approximate surface area is 151 Å². The van der Waals surface area contributed by atoms with E-state index in [0.717, 1.165) is 31.9 Å². The molecule has 136 valence electrons. The lowest BCUT2D eigenvalue weighted by molar-refractivity contribution is -0.0681. The van der Waals surface area contributed by atoms with Gasteiger partial charge in [0.1, 0.15) is 0 Å². The highest BCUT2D eigenvalue weighted by Crippen LogP contribution is 2.11. The zero-order chi connectivity index (χ0) is 17.5. The van der Waals surface area contributed by atoms with E-state index in [0.29, 0.717) is 12.2 Å². The summed E-state index contributed by atoms with van der Waals surface area (Å²) in [6.45, 7) is 9.64. The molecular weight excluding hydrogens is 312 g/mol. The maximum Gasteiger partial charge on any atom is 0.0678 e. The van der Waals surface area contributed by atoms with Crippen molar-refractivity contribution >= 4 is 0 Å². The van der Waals surface area contributed by atoms with Crippen molar-refractivity contribution in [2.75, 3.05) is 26.2 Å². The van der Waals surface area contributed by atoms with Crippen LogP contribution in [-0.2, 0) is 11.3 Å². The summed E-state index contributed by atoms with van der Waals surface area (Å²) in [7, 11) is 0. The number of hydrogen-bond donors (Lipinski definition) is 1. The molecule has 1 aliphatic rings. The van der Waals surface area contributed by atoms with E-state index in [4.69, 9.17) is 4.74 Å². The Hall–Kier alpha value is -1.69. The molecule has 0 aliphatic carbocycles. The molecule has 0 spiro atoms. The lowest BCUT2D eigenvalue weighted by Gasteiger charge is -2.35. The number of aromatic nitrogens is 2. The molecule has 25 heavy (non-hydrogen) atoms. The maximum atomic E-state index is 5.78. The van der Waals surface area contributed by atoms with Crippen molar-refractivity contribution in [3.05, 3.63) is 48.3 Å². The van der Waals surface area contributed by atoms with Crippen LogP contribution in [0.4, 0.5) is 0 Å². The second-order valence-corrected chi connectivity index (χ2v) is 7.02. The minimum atomic E-state index is 0.367. The Kier molecular flexibility index (Phi) is 6.62. The quantitative estimate of drug-likeness (QED) is 0.749. The van der Waals surface area contributed by atoms with E-state index < -0.39 is 0 Å². The fraction of sp³-hybridized carbons (Fsp3) is 0.550. The van der Waals surface area contributed by atoms with Crippen LogP contribution in [0.15, 0.2) is 42.7 Å². The van der Waals surface area contributed by atoms with Gasteiger partial charge in [-0.1, -0.05) is 12.1 Å². The van der Waals surface area contributed by atoms with Crippen molar-refractivity contribution < 1.29 is 4.74 Å². The first-order valence-corrected chi connectivity index (χ1v) is 9.38. The second-order valence-electron chi connectivity index (χ2n) is 7.02. The van der Waals surface area contributed by atoms with Crippen LogP contribution in [0.2, 0.25) is 0 Å². The van der Waals surface area contributed by atoms with Gasteiger partial charge < -0.3 is 10.1 Å². The van der Waals surface area contributed by atoms with Crippen molar-refractivity contribution in [3.63, 3.8) is 0 Å². The number of ether oxygens (including phenoxy) is 1. The normalized spacial score (nSPS) is 21.5. The number of rotatable bonds is 8. The molecule has 2 aromatic rings. The molecule has 1 N–H and O–H groups in total. The van der Waals surface area contributed by atoms with Gasteiger partial charge in [-0.25, -0.2) is 4.68 Å². The first-order chi connectivity index (χ1) is 12.2. The Bertz CT molecular complexity index is 601. The Morgan fingerprint density at radius 3 is 2.56 bits per heavy atom. The van der Waals surface area contributed by atoms with E-state index >= 15 is 0 Å². The zero-order valence-electron chi connectivity index (χ0n) is 15.4. The van der Waals surface area contributed by atoms with Gasteiger partial charge in [0, 0.05) is 32.0 Å². The van der Waals surface area contributed by atoms with Gasteiger partial charge in [-0.3, -0.25) is 4.90 Å². The highest BCUT2D eigenvalue weighted by atomic mass is 16.5. The lowest BCUT2D eigenvalue weighted by Crippen LogP contribution is -2.45. The number of nitrogens with one attached hydrogen (secondary N) is 1. The molecule has 2 unspecified atom stereocenters. The number of morpholine rings is 1. The molecule has 0 bridgehead atoms. The third-order valence-corrected chi connectivity index (χ3v) is 4.61. The van der Waals surface area contributed by atoms with Gasteiger partial charge in [0.25, 0.3) is 0 Å². The SMILES string of the molecule is CC1CN(CCCCNCc2ccc(-n3cccn3)cc2)CC(C)O1. The van der Waals surface area contributed by atoms with Gasteiger partial charge in [0.2, 0.25) is 0 Å². The van der Waals surface area contributed by atoms with Crippen LogP contribution in [0.3, 0.4) is 0 Å². The molecule has 0 saturated carbocycles. The summed E-state index contributed by atoms with van der Waals surface area (Å²) in [5.41, 5.74) is 2.41. The topological polar surface area (TPSA) is 42.3 Å². The summed E-state index contributed by atoms with van der Waals surface area (Å²) < 4.78 is 7.66. The van der Waals surface area contributed by atoms with Crippen molar-refractivity contribution in [2.45, 2.75) is 45.4 Å². The van der Waals surface area contributed by atoms with Crippen LogP contribution in [0.1, 0.15) is 32.3 Å². The molecule has 1 aliphatic heterocycles. The lowest BCUT2D eigenvalue weighted by atomic mass is 10.2. The third-order valence-electron chi connectivity index (χ3n) is 4.61. The number of hydrogen-bond acceptors (Lipinski definition) is 4. The first kappa shape index (κ1) is 18.1. The van der Waals surface area contributed by atoms with Crippen molar-refractivity contribution in [1.82, 2.24) is 20.0 Å². The van der Waals surface area contributed by atoms with Crippen LogP contribution in [-0.4, -0.2) is 53.1 Å². The summed E-state index contributed by atoms with van der Waals surface area (Å²) in [6, 6.07) is 10.5. The minimum absolute atomic E-state index is 0.367. The molecule has 1 fully saturated rings. The smallest absolute Gasteiger partial charge is 0.0678 e. The van der Waals surface area contributed by atoms with Gasteiger partial charge in [-0.15, -0.1) is 0 Å². The molecule has 5 nitrogen and oxygen atoms in total. The fourth-order valence-electron chi connectivity index (χ4n) is 3.47. The number of unbranched alkanes of at least 4 members (excludes halogenated alkanes) is 1. The Morgan fingerprint density at radius 2 is 1.88 bits per heavy atom. The molecule has 3 rings (SSSR count). The summed E-state index contributed by atoms with van der Waals surface area (Å²) in [5, 5.41) is 7.79. The van der Waals surface area contributed by atoms with Gasteiger partial charge in [0.05, 0.1) is 17.9 Å². The molecule has 0 amide bonds. The molecule has 1 aromatic heterocycles. The summed E-state index contributed by atoms with van der Waals surface area (Å²) >= 11 is 0. The van der Waals surface area contributed by atoms with Crippen molar-refractivity contribution in [3.8, 4) is 5.69 Å². The molecule has 1 saturated heterocycles. The van der Waals surface area contributed by atoms with E-state index in [2.05, 4.69) is 53.4 Å². The standard InChI is InChI=1S/C20H30N4O/c1-17-15-23(16-18(2)25-17)12-4-3-10-21-14-19-6-8-20(9-7-19)24-13-5-11-22-24/h5-9,11,13,17-18,21H,3-4,10,12,14-16H2,1-2H3. The molecule has 2 heterocycles. The monoisotopic (exact) mass is 342 g/mol. The summed E-state index contributed by atoms with van der Waals surface area (Å²) in [6.07, 6.45) is 6.95. The van der Waals surface area contributed by atoms with E-state index in [9.17, 15) is 0 Å². The second kappa shape index (κ2) is 9.13. The van der Waals surface area contributed by atoms with Crippen LogP contribution >= 0.6 is 0 Å². The Balaban J connectivity index is 1.30. The number of nitrogens with zero attached hydrogens (tertiary/aromatic N) is 3. The molecular formula is C20H30N4O. The molecule has 5 heteroatoms. The maximum absolute atomic E-state index is 5.78. The average molecular weight is 342 g/mol. The predicted octanol–water partition coefficient (Wildman–Crippen LogP) is 2.85. The van der Waals surface area contributed by atoms with Gasteiger partial charge >= 0.3 is 0 Å². The van der Waals surface area contributed by atoms with Crippen LogP contribution in [0, 0.1) is 0 Å². The number of benzene rings is 1. The molecule has 1 aromatic carbocycles. The van der Waals surface area contributed by atoms with E-state index in [1.807, 2.05) is 16.9 Å². The first-order valence-electron chi connectivity index (χ1n) is 9.38. The summed E-state index contributed by atoms with van der Waals surface area (Å²) in [4.78, 5) is 2.53. The summed E-state index contributed by atoms with van der Waals surface area (Å²) in [5.74, 6) is 0. The van der Waals surface area contributed by atoms with E-state index in [-0.39, 0.29) is 0 Å². The van der Waals surface area contributed by atoms with E-state index in [1.54, 1.807) is 6.20 Å². The minimum Gasteiger partial charge on any atom is -0.373 e. The molecule has 0 radical (unpaired) electrons. The predicted molar refractivity (Wildman–Crippen MR) is 101 cm³/mol. The average Bonchev–Trinajstić information content (AvgIpc) is 3.12. The van der Waals surface area contributed by atoms with Crippen LogP contribution in [0.25, 0.3) is 5.69 Å². The third kappa shape index (κ3) is 5.66. The largest absolute Gasteiger partial charge is 0.373 e. The van der Waals surface area contributed by atoms with Gasteiger partial charge in [0.15, 0.2) is 0 Å². The van der Waals surface area contributed by atoms with Gasteiger partial charge in [-0.2, -0.15) is 5.10 Å². The van der Waals surface area contributed by atoms with E-state index in [1.165, 1.54) is 24.9 Å². The zero-order valence-corrected chi connectivity index (χ0v) is 15.4. The molecule has 2 atom stereocenters.